The number of nitrogens with two attached hydrogens (primary N) is 1. The lowest BCUT2D eigenvalue weighted by Crippen LogP contribution is -2.19. The van der Waals surface area contributed by atoms with E-state index in [4.69, 9.17) is 29.6 Å². The Kier molecular flexibility index (Phi) is 3.51. The molecule has 0 atom stereocenters. The molecule has 13 heavy (non-hydrogen) atoms. The van der Waals surface area contributed by atoms with E-state index in [1.54, 1.807) is 0 Å². The minimum absolute atomic E-state index is 0.261. The van der Waals surface area contributed by atoms with Gasteiger partial charge < -0.3 is 11.1 Å². The van der Waals surface area contributed by atoms with Crippen molar-refractivity contribution in [3.8, 4) is 0 Å². The first-order valence-electron chi connectivity index (χ1n) is 3.98. The maximum absolute atomic E-state index is 5.83. The van der Waals surface area contributed by atoms with Gasteiger partial charge in [-0.25, -0.2) is 0 Å². The zero-order chi connectivity index (χ0) is 9.84. The molecule has 1 rings (SSSR count). The van der Waals surface area contributed by atoms with Crippen molar-refractivity contribution >= 4 is 34.6 Å². The first kappa shape index (κ1) is 10.3. The summed E-state index contributed by atoms with van der Waals surface area (Å²) < 4.78 is 0. The molecule has 1 aromatic carbocycles. The van der Waals surface area contributed by atoms with Crippen molar-refractivity contribution in [2.75, 3.05) is 5.32 Å². The van der Waals surface area contributed by atoms with Crippen LogP contribution in [0.3, 0.4) is 0 Å². The Balaban J connectivity index is 3.01. The predicted molar refractivity (Wildman–Crippen MR) is 61.2 cm³/mol. The Morgan fingerprint density at radius 2 is 2.31 bits per heavy atom. The Labute approximate surface area is 88.1 Å². The molecular formula is C9H11ClN2S. The van der Waals surface area contributed by atoms with E-state index in [1.165, 1.54) is 0 Å². The number of nitrogens with one attached hydrogen (secondary N) is 1. The van der Waals surface area contributed by atoms with Crippen molar-refractivity contribution in [3.63, 3.8) is 0 Å². The monoisotopic (exact) mass is 214 g/mol. The van der Waals surface area contributed by atoms with E-state index < -0.39 is 0 Å². The van der Waals surface area contributed by atoms with E-state index in [-0.39, 0.29) is 5.11 Å². The Hall–Kier alpha value is -0.800. The van der Waals surface area contributed by atoms with Crippen LogP contribution >= 0.6 is 23.8 Å². The standard InChI is InChI=1S/C9H11ClN2S/c1-2-6-3-4-7(10)5-8(6)12-9(11)13/h3-5H,2H2,1H3,(H3,11,12,13). The maximum Gasteiger partial charge on any atom is 0.168 e. The third kappa shape index (κ3) is 2.86. The summed E-state index contributed by atoms with van der Waals surface area (Å²) in [6.45, 7) is 2.06. The summed E-state index contributed by atoms with van der Waals surface area (Å²) >= 11 is 10.6. The van der Waals surface area contributed by atoms with Gasteiger partial charge in [0.1, 0.15) is 0 Å². The van der Waals surface area contributed by atoms with E-state index in [2.05, 4.69) is 12.2 Å². The van der Waals surface area contributed by atoms with Crippen LogP contribution in [0.25, 0.3) is 0 Å². The van der Waals surface area contributed by atoms with Crippen LogP contribution in [0.5, 0.6) is 0 Å². The van der Waals surface area contributed by atoms with Crippen LogP contribution in [0.15, 0.2) is 18.2 Å². The number of hydrogen-bond acceptors (Lipinski definition) is 1. The SMILES string of the molecule is CCc1ccc(Cl)cc1NC(N)=S. The van der Waals surface area contributed by atoms with Crippen molar-refractivity contribution < 1.29 is 0 Å². The number of halogens is 1. The highest BCUT2D eigenvalue weighted by Crippen LogP contribution is 2.21. The van der Waals surface area contributed by atoms with Crippen molar-refractivity contribution in [1.29, 1.82) is 0 Å². The van der Waals surface area contributed by atoms with Gasteiger partial charge in [-0.15, -0.1) is 0 Å². The van der Waals surface area contributed by atoms with Crippen LogP contribution in [0.1, 0.15) is 12.5 Å². The minimum Gasteiger partial charge on any atom is -0.376 e. The van der Waals surface area contributed by atoms with E-state index in [9.17, 15) is 0 Å². The predicted octanol–water partition coefficient (Wildman–Crippen LogP) is 2.56. The van der Waals surface area contributed by atoms with Crippen molar-refractivity contribution in [3.05, 3.63) is 28.8 Å². The van der Waals surface area contributed by atoms with Gasteiger partial charge in [0.25, 0.3) is 0 Å². The number of thiocarbonyl (C=S) groups is 1. The van der Waals surface area contributed by atoms with Gasteiger partial charge in [-0.2, -0.15) is 0 Å². The third-order valence-corrected chi connectivity index (χ3v) is 2.05. The second-order valence-electron chi connectivity index (χ2n) is 2.64. The first-order valence-corrected chi connectivity index (χ1v) is 4.77. The first-order chi connectivity index (χ1) is 6.13. The largest absolute Gasteiger partial charge is 0.376 e. The van der Waals surface area contributed by atoms with E-state index in [1.807, 2.05) is 18.2 Å². The molecule has 0 saturated carbocycles. The Bertz CT molecular complexity index is 325. The summed E-state index contributed by atoms with van der Waals surface area (Å²) in [5.74, 6) is 0. The molecular weight excluding hydrogens is 204 g/mol. The average Bonchev–Trinajstić information content (AvgIpc) is 2.03. The van der Waals surface area contributed by atoms with E-state index in [0.29, 0.717) is 5.02 Å². The molecule has 0 unspecified atom stereocenters. The quantitative estimate of drug-likeness (QED) is 0.744. The zero-order valence-electron chi connectivity index (χ0n) is 7.30. The van der Waals surface area contributed by atoms with Crippen LogP contribution in [-0.4, -0.2) is 5.11 Å². The second kappa shape index (κ2) is 4.44. The summed E-state index contributed by atoms with van der Waals surface area (Å²) in [6, 6.07) is 5.63. The normalized spacial score (nSPS) is 9.69. The molecule has 0 saturated heterocycles. The molecule has 0 bridgehead atoms. The van der Waals surface area contributed by atoms with Crippen LogP contribution in [0, 0.1) is 0 Å². The molecule has 3 N–H and O–H groups in total. The lowest BCUT2D eigenvalue weighted by atomic mass is 10.1. The molecule has 0 aliphatic carbocycles. The maximum atomic E-state index is 5.83. The van der Waals surface area contributed by atoms with Gasteiger partial charge >= 0.3 is 0 Å². The molecule has 0 aromatic heterocycles. The Morgan fingerprint density at radius 3 is 2.85 bits per heavy atom. The van der Waals surface area contributed by atoms with Gasteiger partial charge in [-0.3, -0.25) is 0 Å². The number of rotatable bonds is 2. The molecule has 1 aromatic rings. The van der Waals surface area contributed by atoms with Crippen LogP contribution < -0.4 is 11.1 Å². The van der Waals surface area contributed by atoms with Crippen molar-refractivity contribution in [1.82, 2.24) is 0 Å². The van der Waals surface area contributed by atoms with Crippen LogP contribution in [-0.2, 0) is 6.42 Å². The van der Waals surface area contributed by atoms with Gasteiger partial charge in [0.05, 0.1) is 0 Å². The number of anilines is 1. The summed E-state index contributed by atoms with van der Waals surface area (Å²) in [5.41, 5.74) is 7.42. The van der Waals surface area contributed by atoms with E-state index in [0.717, 1.165) is 17.7 Å². The fourth-order valence-corrected chi connectivity index (χ4v) is 1.39. The highest BCUT2D eigenvalue weighted by Gasteiger charge is 2.01. The average molecular weight is 215 g/mol. The van der Waals surface area contributed by atoms with Crippen LogP contribution in [0.2, 0.25) is 5.02 Å². The van der Waals surface area contributed by atoms with Gasteiger partial charge in [0, 0.05) is 10.7 Å². The topological polar surface area (TPSA) is 38.0 Å². The summed E-state index contributed by atoms with van der Waals surface area (Å²) in [7, 11) is 0. The highest BCUT2D eigenvalue weighted by molar-refractivity contribution is 7.80. The Morgan fingerprint density at radius 1 is 1.62 bits per heavy atom. The van der Waals surface area contributed by atoms with Crippen molar-refractivity contribution in [2.45, 2.75) is 13.3 Å². The lowest BCUT2D eigenvalue weighted by molar-refractivity contribution is 1.14. The molecule has 0 aliphatic heterocycles. The zero-order valence-corrected chi connectivity index (χ0v) is 8.88. The summed E-state index contributed by atoms with van der Waals surface area (Å²) in [4.78, 5) is 0. The molecule has 0 amide bonds. The lowest BCUT2D eigenvalue weighted by Gasteiger charge is -2.09. The minimum atomic E-state index is 0.261. The second-order valence-corrected chi connectivity index (χ2v) is 3.52. The molecule has 0 spiro atoms. The van der Waals surface area contributed by atoms with Gasteiger partial charge in [-0.05, 0) is 36.3 Å². The van der Waals surface area contributed by atoms with Crippen LogP contribution in [0.4, 0.5) is 5.69 Å². The summed E-state index contributed by atoms with van der Waals surface area (Å²) in [6.07, 6.45) is 0.919. The molecule has 4 heteroatoms. The summed E-state index contributed by atoms with van der Waals surface area (Å²) in [5, 5.41) is 3.83. The third-order valence-electron chi connectivity index (χ3n) is 1.71. The molecule has 0 fully saturated rings. The number of benzene rings is 1. The fourth-order valence-electron chi connectivity index (χ4n) is 1.11. The highest BCUT2D eigenvalue weighted by atomic mass is 35.5. The van der Waals surface area contributed by atoms with Gasteiger partial charge in [-0.1, -0.05) is 24.6 Å². The van der Waals surface area contributed by atoms with Crippen molar-refractivity contribution in [2.24, 2.45) is 5.73 Å². The molecule has 70 valence electrons. The van der Waals surface area contributed by atoms with Gasteiger partial charge in [0.15, 0.2) is 5.11 Å². The number of aryl methyl sites for hydroxylation is 1. The molecule has 0 heterocycles. The molecule has 0 radical (unpaired) electrons. The number of hydrogen-bond donors (Lipinski definition) is 2. The smallest absolute Gasteiger partial charge is 0.168 e. The van der Waals surface area contributed by atoms with Gasteiger partial charge in [0.2, 0.25) is 0 Å². The fraction of sp³-hybridized carbons (Fsp3) is 0.222. The molecule has 0 aliphatic rings. The molecule has 2 nitrogen and oxygen atoms in total. The van der Waals surface area contributed by atoms with E-state index >= 15 is 0 Å².